The van der Waals surface area contributed by atoms with Crippen LogP contribution in [0.1, 0.15) is 50.2 Å². The van der Waals surface area contributed by atoms with Crippen LogP contribution in [0.2, 0.25) is 0 Å². The van der Waals surface area contributed by atoms with Gasteiger partial charge in [0.1, 0.15) is 11.3 Å². The topological polar surface area (TPSA) is 76.1 Å². The molecule has 1 fully saturated rings. The van der Waals surface area contributed by atoms with Crippen LogP contribution in [0.5, 0.6) is 5.75 Å². The van der Waals surface area contributed by atoms with Crippen molar-refractivity contribution in [2.24, 2.45) is 11.8 Å². The van der Waals surface area contributed by atoms with Crippen LogP contribution in [0.4, 0.5) is 0 Å². The van der Waals surface area contributed by atoms with Crippen molar-refractivity contribution in [1.82, 2.24) is 4.90 Å². The minimum atomic E-state index is -1.13. The Labute approximate surface area is 220 Å². The Morgan fingerprint density at radius 1 is 0.973 bits per heavy atom. The lowest BCUT2D eigenvalue weighted by molar-refractivity contribution is -0.173. The van der Waals surface area contributed by atoms with Crippen LogP contribution in [-0.4, -0.2) is 53.8 Å². The lowest BCUT2D eigenvalue weighted by Crippen LogP contribution is -2.64. The first kappa shape index (κ1) is 26.9. The Hall–Kier alpha value is -3.12. The first-order chi connectivity index (χ1) is 18.0. The van der Waals surface area contributed by atoms with E-state index in [1.54, 1.807) is 0 Å². The summed E-state index contributed by atoms with van der Waals surface area (Å²) in [5.41, 5.74) is 1.31. The summed E-state index contributed by atoms with van der Waals surface area (Å²) in [6, 6.07) is 18.4. The van der Waals surface area contributed by atoms with Gasteiger partial charge in [0.2, 0.25) is 0 Å². The van der Waals surface area contributed by atoms with Crippen molar-refractivity contribution in [3.63, 3.8) is 0 Å². The average molecular weight is 506 g/mol. The van der Waals surface area contributed by atoms with Crippen molar-refractivity contribution < 1.29 is 24.2 Å². The van der Waals surface area contributed by atoms with E-state index in [0.717, 1.165) is 50.1 Å². The molecule has 2 aliphatic rings. The smallest absolute Gasteiger partial charge is 0.327 e. The Morgan fingerprint density at radius 3 is 2.46 bits per heavy atom. The number of aryl methyl sites for hydroxylation is 2. The minimum Gasteiger partial charge on any atom is -0.493 e. The predicted octanol–water partition coefficient (Wildman–Crippen LogP) is 5.31. The molecule has 0 aromatic heterocycles. The van der Waals surface area contributed by atoms with Crippen LogP contribution >= 0.6 is 0 Å². The van der Waals surface area contributed by atoms with Gasteiger partial charge in [-0.1, -0.05) is 67.6 Å². The third-order valence-corrected chi connectivity index (χ3v) is 7.82. The number of hydrogen-bond acceptors (Lipinski definition) is 5. The van der Waals surface area contributed by atoms with Crippen LogP contribution in [0.3, 0.4) is 0 Å². The van der Waals surface area contributed by atoms with E-state index < -0.39 is 23.4 Å². The van der Waals surface area contributed by atoms with Crippen LogP contribution in [0.25, 0.3) is 0 Å². The van der Waals surface area contributed by atoms with Gasteiger partial charge in [0.05, 0.1) is 19.1 Å². The number of aliphatic carboxylic acids is 1. The first-order valence-electron chi connectivity index (χ1n) is 13.6. The second-order valence-electron chi connectivity index (χ2n) is 10.3. The zero-order valence-corrected chi connectivity index (χ0v) is 21.8. The van der Waals surface area contributed by atoms with Crippen LogP contribution in [0.15, 0.2) is 66.7 Å². The molecule has 2 aromatic rings. The molecule has 2 aromatic carbocycles. The summed E-state index contributed by atoms with van der Waals surface area (Å²) in [6.45, 7) is 4.27. The third kappa shape index (κ3) is 6.61. The van der Waals surface area contributed by atoms with Crippen LogP contribution < -0.4 is 4.74 Å². The minimum absolute atomic E-state index is 0.201. The summed E-state index contributed by atoms with van der Waals surface area (Å²) in [7, 11) is 0. The monoisotopic (exact) mass is 505 g/mol. The molecule has 1 aliphatic heterocycles. The maximum Gasteiger partial charge on any atom is 0.327 e. The highest BCUT2D eigenvalue weighted by Crippen LogP contribution is 2.39. The number of rotatable bonds is 11. The summed E-state index contributed by atoms with van der Waals surface area (Å²) in [4.78, 5) is 27.8. The molecule has 2 unspecified atom stereocenters. The number of piperidine rings is 1. The number of esters is 1. The quantitative estimate of drug-likeness (QED) is 0.254. The van der Waals surface area contributed by atoms with Crippen molar-refractivity contribution in [3.05, 3.63) is 77.9 Å². The van der Waals surface area contributed by atoms with E-state index >= 15 is 0 Å². The van der Waals surface area contributed by atoms with E-state index in [2.05, 4.69) is 42.2 Å². The molecule has 0 spiro atoms. The lowest BCUT2D eigenvalue weighted by atomic mass is 9.73. The fourth-order valence-electron chi connectivity index (χ4n) is 5.56. The van der Waals surface area contributed by atoms with E-state index in [4.69, 9.17) is 9.47 Å². The summed E-state index contributed by atoms with van der Waals surface area (Å²) >= 11 is 0. The summed E-state index contributed by atoms with van der Waals surface area (Å²) in [5.74, 6) is -0.713. The van der Waals surface area contributed by atoms with Gasteiger partial charge in [-0.15, -0.1) is 0 Å². The molecule has 0 saturated carbocycles. The summed E-state index contributed by atoms with van der Waals surface area (Å²) in [6.07, 6.45) is 8.83. The molecule has 0 radical (unpaired) electrons. The second-order valence-corrected chi connectivity index (χ2v) is 10.3. The molecule has 6 nitrogen and oxygen atoms in total. The highest BCUT2D eigenvalue weighted by atomic mass is 16.5. The first-order valence-corrected chi connectivity index (χ1v) is 13.6. The highest BCUT2D eigenvalue weighted by molar-refractivity contribution is 5.89. The largest absolute Gasteiger partial charge is 0.493 e. The number of carboxylic acid groups (broad SMARTS) is 1. The number of nitrogens with zero attached hydrogens (tertiary/aromatic N) is 1. The van der Waals surface area contributed by atoms with E-state index in [1.165, 1.54) is 5.56 Å². The van der Waals surface area contributed by atoms with Gasteiger partial charge < -0.3 is 14.6 Å². The zero-order valence-electron chi connectivity index (χ0n) is 21.8. The summed E-state index contributed by atoms with van der Waals surface area (Å²) in [5, 5.41) is 10.00. The number of likely N-dealkylation sites (tertiary alicyclic amines) is 1. The van der Waals surface area contributed by atoms with Gasteiger partial charge in [-0.25, -0.2) is 0 Å². The van der Waals surface area contributed by atoms with Gasteiger partial charge in [0.25, 0.3) is 0 Å². The maximum absolute atomic E-state index is 13.5. The molecular formula is C31H39NO5. The van der Waals surface area contributed by atoms with Gasteiger partial charge in [0.15, 0.2) is 0 Å². The number of allylic oxidation sites excluding steroid dienone is 1. The maximum atomic E-state index is 13.5. The summed E-state index contributed by atoms with van der Waals surface area (Å²) < 4.78 is 11.8. The number of carboxylic acids is 1. The Balaban J connectivity index is 1.32. The molecular weight excluding hydrogens is 466 g/mol. The molecule has 4 rings (SSSR count). The SMILES string of the molecule is CC1CCN(C2(C(=O)OCCCOc3ccccc3CCc3ccccc3)CC=CCC2C(=O)O)CC1. The number of benzene rings is 2. The predicted molar refractivity (Wildman–Crippen MR) is 144 cm³/mol. The van der Waals surface area contributed by atoms with Crippen molar-refractivity contribution in [1.29, 1.82) is 0 Å². The molecule has 1 heterocycles. The van der Waals surface area contributed by atoms with Crippen molar-refractivity contribution in [2.75, 3.05) is 26.3 Å². The Kier molecular flexibility index (Phi) is 9.40. The molecule has 0 amide bonds. The number of carbonyl (C=O) groups excluding carboxylic acids is 1. The number of carbonyl (C=O) groups is 2. The van der Waals surface area contributed by atoms with Crippen LogP contribution in [-0.2, 0) is 27.2 Å². The van der Waals surface area contributed by atoms with Gasteiger partial charge in [-0.3, -0.25) is 14.5 Å². The average Bonchev–Trinajstić information content (AvgIpc) is 2.93. The van der Waals surface area contributed by atoms with Crippen LogP contribution in [0, 0.1) is 11.8 Å². The van der Waals surface area contributed by atoms with E-state index in [-0.39, 0.29) is 6.61 Å². The van der Waals surface area contributed by atoms with Gasteiger partial charge in [0, 0.05) is 6.42 Å². The van der Waals surface area contributed by atoms with Crippen molar-refractivity contribution in [3.8, 4) is 5.75 Å². The molecule has 0 bridgehead atoms. The highest BCUT2D eigenvalue weighted by Gasteiger charge is 2.55. The third-order valence-electron chi connectivity index (χ3n) is 7.82. The normalized spacial score (nSPS) is 22.5. The second kappa shape index (κ2) is 12.9. The fraction of sp³-hybridized carbons (Fsp3) is 0.484. The van der Waals surface area contributed by atoms with Gasteiger partial charge in [-0.05, 0) is 74.7 Å². The molecule has 37 heavy (non-hydrogen) atoms. The van der Waals surface area contributed by atoms with Crippen molar-refractivity contribution in [2.45, 2.75) is 57.4 Å². The lowest BCUT2D eigenvalue weighted by Gasteiger charge is -2.48. The molecule has 2 atom stereocenters. The molecule has 1 saturated heterocycles. The van der Waals surface area contributed by atoms with Gasteiger partial charge in [-0.2, -0.15) is 0 Å². The number of ether oxygens (including phenoxy) is 2. The molecule has 198 valence electrons. The molecule has 1 N–H and O–H groups in total. The van der Waals surface area contributed by atoms with Crippen molar-refractivity contribution >= 4 is 11.9 Å². The number of hydrogen-bond donors (Lipinski definition) is 1. The van der Waals surface area contributed by atoms with E-state index in [1.807, 2.05) is 36.4 Å². The Bertz CT molecular complexity index is 1060. The molecule has 6 heteroatoms. The standard InChI is InChI=1S/C31H39NO5/c1-24-17-20-32(21-18-24)31(19-8-7-13-27(31)29(33)34)30(35)37-23-9-22-36-28-14-6-5-12-26(28)16-15-25-10-3-2-4-11-25/h2-8,10-12,14,24,27H,9,13,15-23H2,1H3,(H,33,34). The van der Waals surface area contributed by atoms with Gasteiger partial charge >= 0.3 is 11.9 Å². The van der Waals surface area contributed by atoms with E-state index in [9.17, 15) is 14.7 Å². The van der Waals surface area contributed by atoms with E-state index in [0.29, 0.717) is 31.8 Å². The fourth-order valence-corrected chi connectivity index (χ4v) is 5.56. The number of para-hydroxylation sites is 1. The molecule has 1 aliphatic carbocycles. The zero-order chi connectivity index (χ0) is 26.1. The Morgan fingerprint density at radius 2 is 1.70 bits per heavy atom.